The zero-order valence-corrected chi connectivity index (χ0v) is 10.2. The van der Waals surface area contributed by atoms with Gasteiger partial charge in [-0.1, -0.05) is 18.2 Å². The van der Waals surface area contributed by atoms with Crippen molar-refractivity contribution in [3.05, 3.63) is 54.1 Å². The summed E-state index contributed by atoms with van der Waals surface area (Å²) in [4.78, 5) is 0.721. The number of nitrogens with one attached hydrogen (secondary N) is 1. The zero-order chi connectivity index (χ0) is 12.3. The molecule has 0 amide bonds. The van der Waals surface area contributed by atoms with E-state index < -0.39 is 11.0 Å². The van der Waals surface area contributed by atoms with Gasteiger partial charge in [0.25, 0.3) is 0 Å². The second-order valence-electron chi connectivity index (χ2n) is 3.69. The van der Waals surface area contributed by atoms with Crippen LogP contribution in [0, 0.1) is 6.92 Å². The Morgan fingerprint density at radius 1 is 1.12 bits per heavy atom. The van der Waals surface area contributed by atoms with Crippen molar-refractivity contribution in [2.24, 2.45) is 0 Å². The minimum Gasteiger partial charge on any atom is -0.508 e. The molecule has 0 aliphatic carbocycles. The highest BCUT2D eigenvalue weighted by molar-refractivity contribution is 7.86. The molecule has 2 aromatic carbocycles. The molecular formula is C13H13NO2S. The van der Waals surface area contributed by atoms with Crippen LogP contribution in [0.3, 0.4) is 0 Å². The molecule has 2 rings (SSSR count). The topological polar surface area (TPSA) is 49.3 Å². The summed E-state index contributed by atoms with van der Waals surface area (Å²) in [6.45, 7) is 1.80. The van der Waals surface area contributed by atoms with Gasteiger partial charge in [0, 0.05) is 5.69 Å². The summed E-state index contributed by atoms with van der Waals surface area (Å²) in [5.41, 5.74) is 1.47. The molecule has 4 heteroatoms. The summed E-state index contributed by atoms with van der Waals surface area (Å²) in [5, 5.41) is 9.39. The average molecular weight is 247 g/mol. The van der Waals surface area contributed by atoms with Gasteiger partial charge < -0.3 is 9.83 Å². The second kappa shape index (κ2) is 5.01. The number of benzene rings is 2. The standard InChI is InChI=1S/C13H13NO2S/c1-10-9-11(7-8-13(10)15)14-17(16)12-5-3-2-4-6-12/h2-9,14-15H,1H3. The predicted molar refractivity (Wildman–Crippen MR) is 69.3 cm³/mol. The highest BCUT2D eigenvalue weighted by atomic mass is 32.2. The molecule has 88 valence electrons. The maximum atomic E-state index is 11.9. The number of anilines is 1. The quantitative estimate of drug-likeness (QED) is 0.819. The summed E-state index contributed by atoms with van der Waals surface area (Å²) in [6, 6.07) is 14.2. The Hall–Kier alpha value is -1.81. The van der Waals surface area contributed by atoms with Crippen molar-refractivity contribution in [1.82, 2.24) is 0 Å². The van der Waals surface area contributed by atoms with E-state index in [9.17, 15) is 9.32 Å². The second-order valence-corrected chi connectivity index (χ2v) is 4.90. The third-order valence-corrected chi connectivity index (χ3v) is 3.49. The molecule has 3 nitrogen and oxygen atoms in total. The van der Waals surface area contributed by atoms with E-state index in [4.69, 9.17) is 0 Å². The fraction of sp³-hybridized carbons (Fsp3) is 0.0769. The van der Waals surface area contributed by atoms with E-state index in [2.05, 4.69) is 4.72 Å². The van der Waals surface area contributed by atoms with Gasteiger partial charge in [-0.3, -0.25) is 0 Å². The third kappa shape index (κ3) is 2.85. The normalized spacial score (nSPS) is 12.1. The lowest BCUT2D eigenvalue weighted by molar-refractivity contribution is 0.471. The van der Waals surface area contributed by atoms with Gasteiger partial charge in [-0.25, -0.2) is 4.21 Å². The van der Waals surface area contributed by atoms with E-state index >= 15 is 0 Å². The highest BCUT2D eigenvalue weighted by Gasteiger charge is 2.04. The minimum atomic E-state index is -1.28. The van der Waals surface area contributed by atoms with Crippen LogP contribution in [0.15, 0.2) is 53.4 Å². The molecule has 0 radical (unpaired) electrons. The van der Waals surface area contributed by atoms with Crippen molar-refractivity contribution in [2.45, 2.75) is 11.8 Å². The summed E-state index contributed by atoms with van der Waals surface area (Å²) >= 11 is 0. The fourth-order valence-electron chi connectivity index (χ4n) is 1.43. The Morgan fingerprint density at radius 2 is 1.82 bits per heavy atom. The number of phenolic OH excluding ortho intramolecular Hbond substituents is 1. The van der Waals surface area contributed by atoms with Gasteiger partial charge in [-0.05, 0) is 42.8 Å². The maximum absolute atomic E-state index is 11.9. The molecule has 1 atom stereocenters. The molecule has 2 N–H and O–H groups in total. The summed E-state index contributed by atoms with van der Waals surface area (Å²) < 4.78 is 14.8. The smallest absolute Gasteiger partial charge is 0.150 e. The van der Waals surface area contributed by atoms with Gasteiger partial charge in [0.05, 0.1) is 4.90 Å². The van der Waals surface area contributed by atoms with Gasteiger partial charge >= 0.3 is 0 Å². The monoisotopic (exact) mass is 247 g/mol. The molecule has 0 spiro atoms. The summed E-state index contributed by atoms with van der Waals surface area (Å²) in [6.07, 6.45) is 0. The van der Waals surface area contributed by atoms with E-state index in [1.54, 1.807) is 37.3 Å². The highest BCUT2D eigenvalue weighted by Crippen LogP contribution is 2.21. The van der Waals surface area contributed by atoms with Gasteiger partial charge in [-0.15, -0.1) is 0 Å². The van der Waals surface area contributed by atoms with Crippen molar-refractivity contribution >= 4 is 16.7 Å². The number of aromatic hydroxyl groups is 1. The largest absolute Gasteiger partial charge is 0.508 e. The maximum Gasteiger partial charge on any atom is 0.150 e. The first-order valence-corrected chi connectivity index (χ1v) is 6.35. The molecule has 0 aliphatic heterocycles. The van der Waals surface area contributed by atoms with Crippen LogP contribution in [0.25, 0.3) is 0 Å². The van der Waals surface area contributed by atoms with Crippen molar-refractivity contribution in [2.75, 3.05) is 4.72 Å². The van der Waals surface area contributed by atoms with Crippen molar-refractivity contribution in [3.63, 3.8) is 0 Å². The van der Waals surface area contributed by atoms with Gasteiger partial charge in [-0.2, -0.15) is 0 Å². The van der Waals surface area contributed by atoms with E-state index in [1.807, 2.05) is 18.2 Å². The van der Waals surface area contributed by atoms with Crippen molar-refractivity contribution in [3.8, 4) is 5.75 Å². The van der Waals surface area contributed by atoms with Gasteiger partial charge in [0.1, 0.15) is 16.7 Å². The van der Waals surface area contributed by atoms with Crippen LogP contribution in [0.5, 0.6) is 5.75 Å². The van der Waals surface area contributed by atoms with Crippen LogP contribution in [0.4, 0.5) is 5.69 Å². The molecule has 17 heavy (non-hydrogen) atoms. The first kappa shape index (κ1) is 11.7. The van der Waals surface area contributed by atoms with Crippen LogP contribution in [-0.2, 0) is 11.0 Å². The molecule has 0 saturated carbocycles. The van der Waals surface area contributed by atoms with E-state index in [1.165, 1.54) is 0 Å². The van der Waals surface area contributed by atoms with Crippen LogP contribution in [0.1, 0.15) is 5.56 Å². The number of hydrogen-bond donors (Lipinski definition) is 2. The molecular weight excluding hydrogens is 234 g/mol. The van der Waals surface area contributed by atoms with Crippen LogP contribution >= 0.6 is 0 Å². The summed E-state index contributed by atoms with van der Waals surface area (Å²) in [5.74, 6) is 0.237. The van der Waals surface area contributed by atoms with Gasteiger partial charge in [0.2, 0.25) is 0 Å². The average Bonchev–Trinajstić information content (AvgIpc) is 2.35. The van der Waals surface area contributed by atoms with Crippen LogP contribution < -0.4 is 4.72 Å². The van der Waals surface area contributed by atoms with Gasteiger partial charge in [0.15, 0.2) is 0 Å². The van der Waals surface area contributed by atoms with E-state index in [0.29, 0.717) is 0 Å². The van der Waals surface area contributed by atoms with Crippen molar-refractivity contribution in [1.29, 1.82) is 0 Å². The Morgan fingerprint density at radius 3 is 2.47 bits per heavy atom. The predicted octanol–water partition coefficient (Wildman–Crippen LogP) is 2.84. The molecule has 0 aromatic heterocycles. The molecule has 2 aromatic rings. The number of aryl methyl sites for hydroxylation is 1. The molecule has 0 heterocycles. The Bertz CT molecular complexity index is 540. The fourth-order valence-corrected chi connectivity index (χ4v) is 2.29. The Balaban J connectivity index is 2.16. The molecule has 0 saturated heterocycles. The van der Waals surface area contributed by atoms with Crippen LogP contribution in [0.2, 0.25) is 0 Å². The number of rotatable bonds is 3. The minimum absolute atomic E-state index is 0.237. The first-order valence-electron chi connectivity index (χ1n) is 5.20. The van der Waals surface area contributed by atoms with E-state index in [0.717, 1.165) is 16.1 Å². The lowest BCUT2D eigenvalue weighted by atomic mass is 10.2. The SMILES string of the molecule is Cc1cc(NS(=O)c2ccccc2)ccc1O. The molecule has 0 aliphatic rings. The lowest BCUT2D eigenvalue weighted by Gasteiger charge is -2.07. The number of hydrogen-bond acceptors (Lipinski definition) is 2. The van der Waals surface area contributed by atoms with Crippen LogP contribution in [-0.4, -0.2) is 9.32 Å². The Kier molecular flexibility index (Phi) is 3.44. The number of phenols is 1. The molecule has 0 bridgehead atoms. The first-order chi connectivity index (χ1) is 8.16. The third-order valence-electron chi connectivity index (χ3n) is 2.36. The van der Waals surface area contributed by atoms with Crippen molar-refractivity contribution < 1.29 is 9.32 Å². The molecule has 1 unspecified atom stereocenters. The zero-order valence-electron chi connectivity index (χ0n) is 9.38. The Labute approximate surface area is 103 Å². The molecule has 0 fully saturated rings. The van der Waals surface area contributed by atoms with E-state index in [-0.39, 0.29) is 5.75 Å². The summed E-state index contributed by atoms with van der Waals surface area (Å²) in [7, 11) is -1.28. The lowest BCUT2D eigenvalue weighted by Crippen LogP contribution is -2.04.